The van der Waals surface area contributed by atoms with Gasteiger partial charge in [-0.3, -0.25) is 15.0 Å². The summed E-state index contributed by atoms with van der Waals surface area (Å²) in [5, 5.41) is 11.9. The second kappa shape index (κ2) is 8.17. The van der Waals surface area contributed by atoms with Gasteiger partial charge in [-0.1, -0.05) is 58.4 Å². The molecule has 8 nitrogen and oxygen atoms in total. The van der Waals surface area contributed by atoms with Gasteiger partial charge in [0, 0.05) is 10.2 Å². The molecule has 4 aromatic rings. The van der Waals surface area contributed by atoms with E-state index < -0.39 is 34.7 Å². The maximum absolute atomic E-state index is 13.8. The van der Waals surface area contributed by atoms with Crippen LogP contribution in [-0.2, 0) is 26.3 Å². The van der Waals surface area contributed by atoms with Gasteiger partial charge in [-0.25, -0.2) is 4.79 Å². The molecule has 3 aromatic carbocycles. The molecule has 0 saturated heterocycles. The van der Waals surface area contributed by atoms with Gasteiger partial charge in [-0.05, 0) is 41.5 Å². The number of esters is 1. The Balaban J connectivity index is 1.61. The summed E-state index contributed by atoms with van der Waals surface area (Å²) < 4.78 is 17.6. The van der Waals surface area contributed by atoms with Crippen LogP contribution >= 0.6 is 15.9 Å². The zero-order chi connectivity index (χ0) is 25.0. The van der Waals surface area contributed by atoms with Crippen LogP contribution in [0.2, 0.25) is 0 Å². The number of fused-ring (bicyclic) bond motifs is 6. The highest BCUT2D eigenvalue weighted by Gasteiger charge is 2.64. The molecule has 2 N–H and O–H groups in total. The molecule has 1 amide bonds. The first-order valence-electron chi connectivity index (χ1n) is 11.1. The average molecular weight is 545 g/mol. The van der Waals surface area contributed by atoms with E-state index in [4.69, 9.17) is 19.3 Å². The number of amides is 1. The van der Waals surface area contributed by atoms with Crippen molar-refractivity contribution in [3.05, 3.63) is 104 Å². The van der Waals surface area contributed by atoms with Crippen LogP contribution < -0.4 is 15.7 Å². The first-order chi connectivity index (χ1) is 17.4. The molecule has 9 heteroatoms. The normalized spacial score (nSPS) is 20.0. The molecule has 36 heavy (non-hydrogen) atoms. The van der Waals surface area contributed by atoms with Crippen molar-refractivity contribution >= 4 is 50.4 Å². The number of benzene rings is 3. The number of hydrogen-bond donors (Lipinski definition) is 2. The molecule has 0 radical (unpaired) electrons. The maximum atomic E-state index is 13.8. The van der Waals surface area contributed by atoms with Gasteiger partial charge >= 0.3 is 11.6 Å². The van der Waals surface area contributed by atoms with Crippen molar-refractivity contribution in [3.8, 4) is 5.75 Å². The van der Waals surface area contributed by atoms with Crippen molar-refractivity contribution in [2.45, 2.75) is 12.0 Å². The molecule has 1 spiro atoms. The molecular weight excluding hydrogens is 528 g/mol. The van der Waals surface area contributed by atoms with Gasteiger partial charge in [0.25, 0.3) is 0 Å². The van der Waals surface area contributed by atoms with Gasteiger partial charge in [-0.2, -0.15) is 0 Å². The summed E-state index contributed by atoms with van der Waals surface area (Å²) in [6.07, 6.45) is 0. The predicted octanol–water partition coefficient (Wildman–Crippen LogP) is 4.52. The highest BCUT2D eigenvalue weighted by molar-refractivity contribution is 9.10. The van der Waals surface area contributed by atoms with Crippen LogP contribution in [0.5, 0.6) is 5.75 Å². The van der Waals surface area contributed by atoms with Crippen LogP contribution in [0, 0.1) is 11.3 Å². The van der Waals surface area contributed by atoms with E-state index in [2.05, 4.69) is 21.2 Å². The third-order valence-corrected chi connectivity index (χ3v) is 7.03. The number of nitrogens with one attached hydrogen (secondary N) is 2. The summed E-state index contributed by atoms with van der Waals surface area (Å²) in [5.41, 5.74) is -1.18. The van der Waals surface area contributed by atoms with E-state index in [1.54, 1.807) is 66.7 Å². The molecule has 2 aliphatic rings. The fraction of sp³-hybridized carbons (Fsp3) is 0.111. The minimum atomic E-state index is -1.93. The lowest BCUT2D eigenvalue weighted by Gasteiger charge is -2.38. The topological polar surface area (TPSA) is 119 Å². The zero-order valence-electron chi connectivity index (χ0n) is 18.5. The van der Waals surface area contributed by atoms with E-state index in [1.165, 1.54) is 0 Å². The molecule has 178 valence electrons. The smallest absolute Gasteiger partial charge is 0.344 e. The number of halogens is 1. The first kappa shape index (κ1) is 22.2. The van der Waals surface area contributed by atoms with E-state index in [-0.39, 0.29) is 23.5 Å². The molecule has 2 unspecified atom stereocenters. The second-order valence-corrected chi connectivity index (χ2v) is 9.45. The van der Waals surface area contributed by atoms with Gasteiger partial charge in [0.2, 0.25) is 11.8 Å². The van der Waals surface area contributed by atoms with E-state index in [0.29, 0.717) is 21.1 Å². The van der Waals surface area contributed by atoms with Crippen molar-refractivity contribution in [1.29, 1.82) is 5.41 Å². The second-order valence-electron chi connectivity index (χ2n) is 8.53. The Morgan fingerprint density at radius 2 is 1.81 bits per heavy atom. The van der Waals surface area contributed by atoms with E-state index >= 15 is 0 Å². The molecule has 2 aliphatic heterocycles. The molecule has 0 saturated carbocycles. The fourth-order valence-electron chi connectivity index (χ4n) is 5.00. The maximum Gasteiger partial charge on any atom is 0.344 e. The molecule has 3 heterocycles. The Bertz CT molecular complexity index is 1650. The van der Waals surface area contributed by atoms with Gasteiger partial charge in [0.15, 0.2) is 11.7 Å². The van der Waals surface area contributed by atoms with Crippen molar-refractivity contribution in [1.82, 2.24) is 0 Å². The Morgan fingerprint density at radius 3 is 2.61 bits per heavy atom. The van der Waals surface area contributed by atoms with Crippen molar-refractivity contribution < 1.29 is 23.5 Å². The van der Waals surface area contributed by atoms with Crippen LogP contribution in [0.3, 0.4) is 0 Å². The molecule has 0 fully saturated rings. The standard InChI is InChI=1S/C27H17BrN2O6/c28-15-10-11-18-17(12-15)27(26(33)30-18)20-22(16-8-4-5-9-19(16)35-25(20)32)36-23(29)21(27)24(31)34-13-14-6-2-1-3-7-14/h1-12,21,29H,13H2,(H,30,33). The van der Waals surface area contributed by atoms with Crippen molar-refractivity contribution in [2.75, 3.05) is 5.32 Å². The molecule has 2 atom stereocenters. The minimum Gasteiger partial charge on any atom is -0.460 e. The Labute approximate surface area is 212 Å². The summed E-state index contributed by atoms with van der Waals surface area (Å²) in [6, 6.07) is 20.8. The minimum absolute atomic E-state index is 0.0157. The largest absolute Gasteiger partial charge is 0.460 e. The first-order valence-corrected chi connectivity index (χ1v) is 11.8. The quantitative estimate of drug-likeness (QED) is 0.289. The van der Waals surface area contributed by atoms with Gasteiger partial charge in [0.1, 0.15) is 23.2 Å². The van der Waals surface area contributed by atoms with E-state index in [1.807, 2.05) is 6.07 Å². The molecule has 0 bridgehead atoms. The third kappa shape index (κ3) is 3.12. The average Bonchev–Trinajstić information content (AvgIpc) is 3.14. The number of carbonyl (C=O) groups excluding carboxylic acids is 2. The van der Waals surface area contributed by atoms with Crippen LogP contribution in [0.25, 0.3) is 11.0 Å². The highest BCUT2D eigenvalue weighted by atomic mass is 79.9. The molecule has 1 aromatic heterocycles. The van der Waals surface area contributed by atoms with Crippen LogP contribution in [0.4, 0.5) is 5.69 Å². The summed E-state index contributed by atoms with van der Waals surface area (Å²) in [6.45, 7) is -0.0777. The Morgan fingerprint density at radius 1 is 1.06 bits per heavy atom. The molecule has 0 aliphatic carbocycles. The number of carbonyl (C=O) groups is 2. The van der Waals surface area contributed by atoms with Gasteiger partial charge in [-0.15, -0.1) is 0 Å². The Kier molecular flexibility index (Phi) is 5.04. The highest BCUT2D eigenvalue weighted by Crippen LogP contribution is 2.54. The van der Waals surface area contributed by atoms with Gasteiger partial charge in [0.05, 0.1) is 5.39 Å². The molecular formula is C27H17BrN2O6. The number of ether oxygens (including phenoxy) is 2. The van der Waals surface area contributed by atoms with Crippen LogP contribution in [0.15, 0.2) is 86.5 Å². The molecule has 6 rings (SSSR count). The van der Waals surface area contributed by atoms with Crippen molar-refractivity contribution in [2.24, 2.45) is 5.92 Å². The number of rotatable bonds is 3. The SMILES string of the molecule is N=C1Oc2c(c(=O)oc3ccccc23)C2(C(=O)Nc3ccc(Br)cc32)C1C(=O)OCc1ccccc1. The number of anilines is 1. The predicted molar refractivity (Wildman–Crippen MR) is 134 cm³/mol. The summed E-state index contributed by atoms with van der Waals surface area (Å²) in [7, 11) is 0. The number of para-hydroxylation sites is 1. The van der Waals surface area contributed by atoms with Crippen LogP contribution in [-0.4, -0.2) is 17.8 Å². The van der Waals surface area contributed by atoms with E-state index in [9.17, 15) is 14.4 Å². The van der Waals surface area contributed by atoms with Crippen LogP contribution in [0.1, 0.15) is 16.7 Å². The lowest BCUT2D eigenvalue weighted by molar-refractivity contribution is -0.151. The summed E-state index contributed by atoms with van der Waals surface area (Å²) in [5.74, 6) is -3.56. The van der Waals surface area contributed by atoms with Crippen molar-refractivity contribution in [3.63, 3.8) is 0 Å². The van der Waals surface area contributed by atoms with E-state index in [0.717, 1.165) is 5.56 Å². The summed E-state index contributed by atoms with van der Waals surface area (Å²) >= 11 is 3.42. The fourth-order valence-corrected chi connectivity index (χ4v) is 5.36. The Hall–Kier alpha value is -4.24. The number of hydrogen-bond acceptors (Lipinski definition) is 7. The zero-order valence-corrected chi connectivity index (χ0v) is 20.1. The lowest BCUT2D eigenvalue weighted by atomic mass is 9.65. The monoisotopic (exact) mass is 544 g/mol. The summed E-state index contributed by atoms with van der Waals surface area (Å²) in [4.78, 5) is 40.9. The van der Waals surface area contributed by atoms with Gasteiger partial charge < -0.3 is 19.2 Å². The third-order valence-electron chi connectivity index (χ3n) is 6.54. The lowest BCUT2D eigenvalue weighted by Crippen LogP contribution is -2.56.